The molecule has 1 aliphatic rings. The van der Waals surface area contributed by atoms with Crippen LogP contribution in [0.25, 0.3) is 0 Å². The summed E-state index contributed by atoms with van der Waals surface area (Å²) in [5, 5.41) is 2.81. The lowest BCUT2D eigenvalue weighted by molar-refractivity contribution is 0.0953. The fraction of sp³-hybridized carbons (Fsp3) is 0.611. The molecule has 0 radical (unpaired) electrons. The summed E-state index contributed by atoms with van der Waals surface area (Å²) in [5.74, 6) is -0.193. The third-order valence-electron chi connectivity index (χ3n) is 4.80. The van der Waals surface area contributed by atoms with E-state index in [1.54, 1.807) is 19.2 Å². The minimum Gasteiger partial charge on any atom is -0.352 e. The summed E-state index contributed by atoms with van der Waals surface area (Å²) in [6.45, 7) is 1.18. The molecule has 0 aliphatic heterocycles. The fourth-order valence-electron chi connectivity index (χ4n) is 3.16. The summed E-state index contributed by atoms with van der Waals surface area (Å²) >= 11 is 0. The summed E-state index contributed by atoms with van der Waals surface area (Å²) in [6, 6.07) is 6.25. The summed E-state index contributed by atoms with van der Waals surface area (Å²) in [6.07, 6.45) is 6.87. The van der Waals surface area contributed by atoms with E-state index in [-0.39, 0.29) is 29.3 Å². The van der Waals surface area contributed by atoms with Gasteiger partial charge in [-0.25, -0.2) is 8.42 Å². The van der Waals surface area contributed by atoms with Crippen LogP contribution >= 0.6 is 12.4 Å². The summed E-state index contributed by atoms with van der Waals surface area (Å²) < 4.78 is 27.0. The van der Waals surface area contributed by atoms with Gasteiger partial charge in [0, 0.05) is 25.2 Å². The van der Waals surface area contributed by atoms with Gasteiger partial charge in [0.05, 0.1) is 4.90 Å². The Kier molecular flexibility index (Phi) is 9.57. The topological polar surface area (TPSA) is 92.5 Å². The standard InChI is InChI=1S/C18H29N3O3S.ClH/c1-21(16-7-3-2-4-8-16)25(23,24)17-11-9-15(10-12-17)18(22)20-14-6-5-13-19;/h9-12,16H,2-8,13-14,19H2,1H3,(H,20,22);1H. The highest BCUT2D eigenvalue weighted by molar-refractivity contribution is 7.89. The van der Waals surface area contributed by atoms with E-state index >= 15 is 0 Å². The molecule has 1 fully saturated rings. The SMILES string of the molecule is CN(C1CCCCC1)S(=O)(=O)c1ccc(C(=O)NCCCCN)cc1.Cl. The highest BCUT2D eigenvalue weighted by Crippen LogP contribution is 2.26. The second-order valence-electron chi connectivity index (χ2n) is 6.59. The quantitative estimate of drug-likeness (QED) is 0.652. The number of sulfonamides is 1. The number of hydrogen-bond donors (Lipinski definition) is 2. The molecule has 1 aromatic carbocycles. The molecule has 148 valence electrons. The lowest BCUT2D eigenvalue weighted by Gasteiger charge is -2.30. The first-order valence-electron chi connectivity index (χ1n) is 9.03. The van der Waals surface area contributed by atoms with E-state index in [1.165, 1.54) is 22.9 Å². The van der Waals surface area contributed by atoms with E-state index < -0.39 is 10.0 Å². The van der Waals surface area contributed by atoms with Crippen molar-refractivity contribution in [3.05, 3.63) is 29.8 Å². The van der Waals surface area contributed by atoms with Crippen LogP contribution in [0.3, 0.4) is 0 Å². The Morgan fingerprint density at radius 1 is 1.15 bits per heavy atom. The van der Waals surface area contributed by atoms with Gasteiger partial charge in [-0.1, -0.05) is 19.3 Å². The van der Waals surface area contributed by atoms with Gasteiger partial charge in [-0.3, -0.25) is 4.79 Å². The number of benzene rings is 1. The Bertz CT molecular complexity index is 659. The average molecular weight is 404 g/mol. The maximum atomic E-state index is 12.8. The molecule has 0 spiro atoms. The number of amides is 1. The van der Waals surface area contributed by atoms with Crippen LogP contribution in [0, 0.1) is 0 Å². The van der Waals surface area contributed by atoms with E-state index in [2.05, 4.69) is 5.32 Å². The number of carbonyl (C=O) groups is 1. The largest absolute Gasteiger partial charge is 0.352 e. The number of hydrogen-bond acceptors (Lipinski definition) is 4. The Morgan fingerprint density at radius 2 is 1.77 bits per heavy atom. The van der Waals surface area contributed by atoms with Gasteiger partial charge < -0.3 is 11.1 Å². The van der Waals surface area contributed by atoms with Crippen molar-refractivity contribution >= 4 is 28.3 Å². The molecule has 1 amide bonds. The molecule has 0 saturated heterocycles. The molecule has 0 heterocycles. The molecular weight excluding hydrogens is 374 g/mol. The van der Waals surface area contributed by atoms with Crippen LogP contribution in [-0.4, -0.2) is 44.8 Å². The maximum Gasteiger partial charge on any atom is 0.251 e. The lowest BCUT2D eigenvalue weighted by Crippen LogP contribution is -2.38. The molecule has 3 N–H and O–H groups in total. The minimum atomic E-state index is -3.52. The molecule has 2 rings (SSSR count). The van der Waals surface area contributed by atoms with Gasteiger partial charge in [0.2, 0.25) is 10.0 Å². The van der Waals surface area contributed by atoms with Crippen LogP contribution in [0.2, 0.25) is 0 Å². The Hall–Kier alpha value is -1.15. The number of rotatable bonds is 8. The van der Waals surface area contributed by atoms with Gasteiger partial charge >= 0.3 is 0 Å². The van der Waals surface area contributed by atoms with Crippen LogP contribution in [0.15, 0.2) is 29.2 Å². The minimum absolute atomic E-state index is 0. The van der Waals surface area contributed by atoms with Crippen molar-refractivity contribution < 1.29 is 13.2 Å². The second-order valence-corrected chi connectivity index (χ2v) is 8.59. The van der Waals surface area contributed by atoms with Crippen molar-refractivity contribution in [2.45, 2.75) is 55.9 Å². The Balaban J connectivity index is 0.00000338. The van der Waals surface area contributed by atoms with E-state index in [0.717, 1.165) is 38.5 Å². The molecule has 0 bridgehead atoms. The van der Waals surface area contributed by atoms with Gasteiger partial charge in [-0.05, 0) is 56.5 Å². The predicted octanol–water partition coefficient (Wildman–Crippen LogP) is 2.53. The van der Waals surface area contributed by atoms with Gasteiger partial charge in [0.15, 0.2) is 0 Å². The molecule has 1 aliphatic carbocycles. The molecule has 0 aromatic heterocycles. The van der Waals surface area contributed by atoms with Crippen LogP contribution in [0.1, 0.15) is 55.3 Å². The smallest absolute Gasteiger partial charge is 0.251 e. The maximum absolute atomic E-state index is 12.8. The normalized spacial score (nSPS) is 15.5. The van der Waals surface area contributed by atoms with Crippen molar-refractivity contribution in [1.29, 1.82) is 0 Å². The van der Waals surface area contributed by atoms with E-state index in [4.69, 9.17) is 5.73 Å². The predicted molar refractivity (Wildman–Crippen MR) is 106 cm³/mol. The third-order valence-corrected chi connectivity index (χ3v) is 6.72. The van der Waals surface area contributed by atoms with E-state index in [0.29, 0.717) is 18.7 Å². The van der Waals surface area contributed by atoms with Crippen LogP contribution < -0.4 is 11.1 Å². The molecule has 6 nitrogen and oxygen atoms in total. The Labute approximate surface area is 163 Å². The first-order valence-corrected chi connectivity index (χ1v) is 10.5. The summed E-state index contributed by atoms with van der Waals surface area (Å²) in [7, 11) is -1.86. The number of nitrogens with zero attached hydrogens (tertiary/aromatic N) is 1. The second kappa shape index (κ2) is 10.9. The van der Waals surface area contributed by atoms with Crippen molar-refractivity contribution in [3.63, 3.8) is 0 Å². The van der Waals surface area contributed by atoms with Crippen molar-refractivity contribution in [2.24, 2.45) is 5.73 Å². The van der Waals surface area contributed by atoms with Gasteiger partial charge in [0.1, 0.15) is 0 Å². The molecule has 1 saturated carbocycles. The highest BCUT2D eigenvalue weighted by atomic mass is 35.5. The monoisotopic (exact) mass is 403 g/mol. The van der Waals surface area contributed by atoms with E-state index in [1.807, 2.05) is 0 Å². The van der Waals surface area contributed by atoms with Gasteiger partial charge in [0.25, 0.3) is 5.91 Å². The molecule has 0 unspecified atom stereocenters. The summed E-state index contributed by atoms with van der Waals surface area (Å²) in [4.78, 5) is 12.3. The first-order chi connectivity index (χ1) is 12.0. The zero-order valence-corrected chi connectivity index (χ0v) is 16.9. The number of nitrogens with one attached hydrogen (secondary N) is 1. The molecule has 26 heavy (non-hydrogen) atoms. The van der Waals surface area contributed by atoms with Crippen molar-refractivity contribution in [3.8, 4) is 0 Å². The number of unbranched alkanes of at least 4 members (excludes halogenated alkanes) is 1. The third kappa shape index (κ3) is 5.94. The molecule has 0 atom stereocenters. The van der Waals surface area contributed by atoms with Gasteiger partial charge in [-0.15, -0.1) is 12.4 Å². The van der Waals surface area contributed by atoms with Crippen LogP contribution in [-0.2, 0) is 10.0 Å². The number of carbonyl (C=O) groups excluding carboxylic acids is 1. The van der Waals surface area contributed by atoms with Gasteiger partial charge in [-0.2, -0.15) is 4.31 Å². The summed E-state index contributed by atoms with van der Waals surface area (Å²) in [5.41, 5.74) is 5.88. The fourth-order valence-corrected chi connectivity index (χ4v) is 4.57. The average Bonchev–Trinajstić information content (AvgIpc) is 2.65. The Morgan fingerprint density at radius 3 is 2.35 bits per heavy atom. The van der Waals surface area contributed by atoms with Crippen LogP contribution in [0.5, 0.6) is 0 Å². The number of nitrogens with two attached hydrogens (primary N) is 1. The van der Waals surface area contributed by atoms with Crippen LogP contribution in [0.4, 0.5) is 0 Å². The molecule has 1 aromatic rings. The lowest BCUT2D eigenvalue weighted by atomic mass is 9.96. The zero-order valence-electron chi connectivity index (χ0n) is 15.3. The molecule has 8 heteroatoms. The van der Waals surface area contributed by atoms with E-state index in [9.17, 15) is 13.2 Å². The zero-order chi connectivity index (χ0) is 18.3. The number of halogens is 1. The highest BCUT2D eigenvalue weighted by Gasteiger charge is 2.29. The molecular formula is C18H30ClN3O3S. The van der Waals surface area contributed by atoms with Crippen molar-refractivity contribution in [2.75, 3.05) is 20.1 Å². The van der Waals surface area contributed by atoms with Crippen molar-refractivity contribution in [1.82, 2.24) is 9.62 Å². The first kappa shape index (κ1) is 22.9.